The monoisotopic (exact) mass is 380 g/mol. The van der Waals surface area contributed by atoms with Crippen molar-refractivity contribution in [3.8, 4) is 11.5 Å². The van der Waals surface area contributed by atoms with Crippen LogP contribution in [0.25, 0.3) is 0 Å². The lowest BCUT2D eigenvalue weighted by Crippen LogP contribution is -2.32. The lowest BCUT2D eigenvalue weighted by Gasteiger charge is -2.07. The highest BCUT2D eigenvalue weighted by atomic mass is 32.2. The van der Waals surface area contributed by atoms with E-state index in [-0.39, 0.29) is 19.0 Å². The number of hydrogen-bond acceptors (Lipinski definition) is 8. The van der Waals surface area contributed by atoms with E-state index in [1.807, 2.05) is 0 Å². The number of nitrogens with one attached hydrogen (secondary N) is 1. The van der Waals surface area contributed by atoms with E-state index < -0.39 is 12.0 Å². The van der Waals surface area contributed by atoms with Crippen molar-refractivity contribution in [3.05, 3.63) is 30.1 Å². The molecule has 0 aliphatic rings. The molecule has 0 saturated carbocycles. The van der Waals surface area contributed by atoms with Gasteiger partial charge in [-0.1, -0.05) is 11.8 Å². The highest BCUT2D eigenvalue weighted by Gasteiger charge is 2.14. The number of carbonyl (C=O) groups excluding carboxylic acids is 2. The summed E-state index contributed by atoms with van der Waals surface area (Å²) < 4.78 is 17.1. The topological polar surface area (TPSA) is 105 Å². The molecule has 0 unspecified atom stereocenters. The Labute approximate surface area is 155 Å². The van der Waals surface area contributed by atoms with Gasteiger partial charge in [-0.05, 0) is 31.2 Å². The highest BCUT2D eigenvalue weighted by molar-refractivity contribution is 7.99. The van der Waals surface area contributed by atoms with Crippen molar-refractivity contribution in [2.45, 2.75) is 18.7 Å². The van der Waals surface area contributed by atoms with Gasteiger partial charge in [0.15, 0.2) is 11.0 Å². The van der Waals surface area contributed by atoms with Gasteiger partial charge >= 0.3 is 6.09 Å². The maximum Gasteiger partial charge on any atom is 0.413 e. The minimum Gasteiger partial charge on any atom is -0.497 e. The Bertz CT molecular complexity index is 748. The number of thioether (sulfide) groups is 1. The summed E-state index contributed by atoms with van der Waals surface area (Å²) >= 11 is 1.16. The fourth-order valence-corrected chi connectivity index (χ4v) is 2.59. The third-order valence-electron chi connectivity index (χ3n) is 3.20. The molecule has 0 bridgehead atoms. The number of ether oxygens (including phenoxy) is 3. The summed E-state index contributed by atoms with van der Waals surface area (Å²) in [6.07, 6.45) is -0.760. The van der Waals surface area contributed by atoms with Crippen LogP contribution in [0.5, 0.6) is 11.5 Å². The quantitative estimate of drug-likeness (QED) is 0.691. The molecule has 1 heterocycles. The molecular formula is C16H20N4O5S. The summed E-state index contributed by atoms with van der Waals surface area (Å²) in [5.74, 6) is 1.58. The molecular weight excluding hydrogens is 360 g/mol. The smallest absolute Gasteiger partial charge is 0.413 e. The van der Waals surface area contributed by atoms with Crippen LogP contribution in [-0.2, 0) is 23.2 Å². The molecule has 2 aromatic rings. The van der Waals surface area contributed by atoms with Crippen LogP contribution in [0.4, 0.5) is 4.79 Å². The second kappa shape index (κ2) is 9.66. The Hall–Kier alpha value is -2.75. The molecule has 0 spiro atoms. The first kappa shape index (κ1) is 19.6. The number of amides is 2. The van der Waals surface area contributed by atoms with E-state index in [1.165, 1.54) is 0 Å². The second-order valence-electron chi connectivity index (χ2n) is 4.98. The number of methoxy groups -OCH3 is 1. The molecule has 0 aliphatic carbocycles. The van der Waals surface area contributed by atoms with Gasteiger partial charge < -0.3 is 18.8 Å². The largest absolute Gasteiger partial charge is 0.497 e. The number of alkyl carbamates (subject to hydrolysis) is 1. The third-order valence-corrected chi connectivity index (χ3v) is 4.22. The van der Waals surface area contributed by atoms with Gasteiger partial charge in [-0.2, -0.15) is 0 Å². The zero-order valence-electron chi connectivity index (χ0n) is 14.7. The molecule has 1 aromatic carbocycles. The van der Waals surface area contributed by atoms with E-state index in [4.69, 9.17) is 9.47 Å². The molecule has 0 radical (unpaired) electrons. The van der Waals surface area contributed by atoms with Gasteiger partial charge in [-0.3, -0.25) is 10.1 Å². The van der Waals surface area contributed by atoms with Crippen LogP contribution in [0.2, 0.25) is 0 Å². The van der Waals surface area contributed by atoms with Gasteiger partial charge in [0.05, 0.1) is 19.5 Å². The summed E-state index contributed by atoms with van der Waals surface area (Å²) in [6, 6.07) is 7.19. The van der Waals surface area contributed by atoms with Gasteiger partial charge in [-0.15, -0.1) is 10.2 Å². The second-order valence-corrected chi connectivity index (χ2v) is 5.92. The van der Waals surface area contributed by atoms with Crippen LogP contribution < -0.4 is 14.8 Å². The highest BCUT2D eigenvalue weighted by Crippen LogP contribution is 2.19. The Morgan fingerprint density at radius 2 is 1.88 bits per heavy atom. The number of nitrogens with zero attached hydrogens (tertiary/aromatic N) is 3. The van der Waals surface area contributed by atoms with Crippen LogP contribution in [0.15, 0.2) is 29.4 Å². The maximum absolute atomic E-state index is 11.7. The molecule has 0 atom stereocenters. The van der Waals surface area contributed by atoms with E-state index >= 15 is 0 Å². The summed E-state index contributed by atoms with van der Waals surface area (Å²) in [6.45, 7) is 2.09. The Morgan fingerprint density at radius 1 is 1.19 bits per heavy atom. The first-order valence-electron chi connectivity index (χ1n) is 7.78. The van der Waals surface area contributed by atoms with Gasteiger partial charge in [0.2, 0.25) is 5.91 Å². The zero-order chi connectivity index (χ0) is 18.9. The summed E-state index contributed by atoms with van der Waals surface area (Å²) in [5, 5.41) is 10.7. The van der Waals surface area contributed by atoms with Gasteiger partial charge in [0.25, 0.3) is 0 Å². The first-order valence-corrected chi connectivity index (χ1v) is 8.76. The molecule has 0 saturated heterocycles. The number of imide groups is 1. The first-order chi connectivity index (χ1) is 12.5. The SMILES string of the molecule is CCOC(=O)NC(=O)CSc1nnc(COc2ccc(OC)cc2)n1C. The molecule has 26 heavy (non-hydrogen) atoms. The normalized spacial score (nSPS) is 10.3. The van der Waals surface area contributed by atoms with Crippen molar-refractivity contribution in [2.75, 3.05) is 19.5 Å². The fraction of sp³-hybridized carbons (Fsp3) is 0.375. The molecule has 2 amide bonds. The maximum atomic E-state index is 11.7. The molecule has 1 N–H and O–H groups in total. The number of hydrogen-bond donors (Lipinski definition) is 1. The van der Waals surface area contributed by atoms with Gasteiger partial charge in [0.1, 0.15) is 18.1 Å². The molecule has 140 valence electrons. The van der Waals surface area contributed by atoms with E-state index in [0.717, 1.165) is 17.5 Å². The van der Waals surface area contributed by atoms with E-state index in [0.29, 0.717) is 16.7 Å². The standard InChI is InChI=1S/C16H20N4O5S/c1-4-24-16(22)17-14(21)10-26-15-19-18-13(20(15)2)9-25-12-7-5-11(23-3)6-8-12/h5-8H,4,9-10H2,1-3H3,(H,17,21,22). The molecule has 0 fully saturated rings. The van der Waals surface area contributed by atoms with Crippen molar-refractivity contribution in [1.82, 2.24) is 20.1 Å². The number of benzene rings is 1. The Morgan fingerprint density at radius 3 is 2.54 bits per heavy atom. The van der Waals surface area contributed by atoms with Crippen LogP contribution in [0, 0.1) is 0 Å². The van der Waals surface area contributed by atoms with Crippen molar-refractivity contribution in [3.63, 3.8) is 0 Å². The van der Waals surface area contributed by atoms with Gasteiger partial charge in [0, 0.05) is 7.05 Å². The fourth-order valence-electron chi connectivity index (χ4n) is 1.86. The van der Waals surface area contributed by atoms with E-state index in [2.05, 4.69) is 20.3 Å². The number of aromatic nitrogens is 3. The van der Waals surface area contributed by atoms with Crippen molar-refractivity contribution < 1.29 is 23.8 Å². The van der Waals surface area contributed by atoms with Crippen LogP contribution in [0.3, 0.4) is 0 Å². The van der Waals surface area contributed by atoms with Crippen LogP contribution in [0.1, 0.15) is 12.7 Å². The molecule has 10 heteroatoms. The molecule has 2 rings (SSSR count). The van der Waals surface area contributed by atoms with Crippen LogP contribution in [-0.4, -0.2) is 46.2 Å². The lowest BCUT2D eigenvalue weighted by atomic mass is 10.3. The van der Waals surface area contributed by atoms with E-state index in [1.54, 1.807) is 49.9 Å². The minimum absolute atomic E-state index is 0.0180. The Kier molecular flexibility index (Phi) is 7.27. The average Bonchev–Trinajstić information content (AvgIpc) is 2.98. The molecule has 0 aliphatic heterocycles. The third kappa shape index (κ3) is 5.66. The summed E-state index contributed by atoms with van der Waals surface area (Å²) in [4.78, 5) is 22.8. The zero-order valence-corrected chi connectivity index (χ0v) is 15.5. The summed E-state index contributed by atoms with van der Waals surface area (Å²) in [7, 11) is 3.37. The van der Waals surface area contributed by atoms with Crippen molar-refractivity contribution in [2.24, 2.45) is 7.05 Å². The van der Waals surface area contributed by atoms with Crippen molar-refractivity contribution in [1.29, 1.82) is 0 Å². The minimum atomic E-state index is -0.760. The lowest BCUT2D eigenvalue weighted by molar-refractivity contribution is -0.117. The number of rotatable bonds is 8. The molecule has 1 aromatic heterocycles. The summed E-state index contributed by atoms with van der Waals surface area (Å²) in [5.41, 5.74) is 0. The predicted octanol–water partition coefficient (Wildman–Crippen LogP) is 1.77. The number of carbonyl (C=O) groups is 2. The molecule has 9 nitrogen and oxygen atoms in total. The van der Waals surface area contributed by atoms with Gasteiger partial charge in [-0.25, -0.2) is 4.79 Å². The van der Waals surface area contributed by atoms with E-state index in [9.17, 15) is 9.59 Å². The average molecular weight is 380 g/mol. The van der Waals surface area contributed by atoms with Crippen molar-refractivity contribution >= 4 is 23.8 Å². The Balaban J connectivity index is 1.84. The van der Waals surface area contributed by atoms with Crippen LogP contribution >= 0.6 is 11.8 Å². The predicted molar refractivity (Wildman–Crippen MR) is 94.2 cm³/mol.